The van der Waals surface area contributed by atoms with E-state index in [1.807, 2.05) is 6.92 Å². The van der Waals surface area contributed by atoms with Crippen LogP contribution in [0.3, 0.4) is 0 Å². The first-order valence-corrected chi connectivity index (χ1v) is 9.58. The zero-order valence-corrected chi connectivity index (χ0v) is 20.1. The van der Waals surface area contributed by atoms with Gasteiger partial charge in [-0.2, -0.15) is 8.78 Å². The number of nitrogens with zero attached hydrogens (tertiary/aromatic N) is 2. The minimum atomic E-state index is -2.99. The summed E-state index contributed by atoms with van der Waals surface area (Å²) in [4.78, 5) is 17.7. The number of halogens is 3. The fourth-order valence-corrected chi connectivity index (χ4v) is 2.48. The monoisotopic (exact) mass is 558 g/mol. The minimum absolute atomic E-state index is 0. The van der Waals surface area contributed by atoms with Crippen LogP contribution in [0.25, 0.3) is 0 Å². The van der Waals surface area contributed by atoms with Crippen LogP contribution in [-0.2, 0) is 16.1 Å². The van der Waals surface area contributed by atoms with Crippen molar-refractivity contribution >= 4 is 35.8 Å². The molecule has 0 bridgehead atoms. The average Bonchev–Trinajstić information content (AvgIpc) is 3.15. The summed E-state index contributed by atoms with van der Waals surface area (Å²) in [7, 11) is 3.30. The van der Waals surface area contributed by atoms with Gasteiger partial charge in [0.15, 0.2) is 17.5 Å². The molecule has 1 aromatic carbocycles. The maximum absolute atomic E-state index is 12.8. The summed E-state index contributed by atoms with van der Waals surface area (Å²) in [5.74, 6) is 0.954. The molecule has 12 heteroatoms. The van der Waals surface area contributed by atoms with Crippen LogP contribution in [0.5, 0.6) is 17.2 Å². The van der Waals surface area contributed by atoms with Crippen LogP contribution >= 0.6 is 24.0 Å². The number of alkyl halides is 2. The molecule has 1 amide bonds. The molecule has 2 N–H and O–H groups in total. The van der Waals surface area contributed by atoms with Crippen molar-refractivity contribution in [3.63, 3.8) is 0 Å². The minimum Gasteiger partial charge on any atom is -0.454 e. The van der Waals surface area contributed by atoms with Crippen molar-refractivity contribution in [3.8, 4) is 17.2 Å². The maximum atomic E-state index is 12.8. The predicted octanol–water partition coefficient (Wildman–Crippen LogP) is 2.18. The van der Waals surface area contributed by atoms with Crippen molar-refractivity contribution in [1.82, 2.24) is 15.5 Å². The van der Waals surface area contributed by atoms with Gasteiger partial charge in [0.2, 0.25) is 12.7 Å². The molecule has 0 fully saturated rings. The van der Waals surface area contributed by atoms with E-state index < -0.39 is 6.61 Å². The van der Waals surface area contributed by atoms with E-state index in [-0.39, 0.29) is 55.5 Å². The third-order valence-electron chi connectivity index (χ3n) is 4.05. The third kappa shape index (κ3) is 9.29. The van der Waals surface area contributed by atoms with Crippen molar-refractivity contribution in [2.24, 2.45) is 4.99 Å². The number of hydrogen-bond acceptors (Lipinski definition) is 6. The number of rotatable bonds is 11. The average molecular weight is 558 g/mol. The number of guanidine groups is 1. The van der Waals surface area contributed by atoms with Gasteiger partial charge in [-0.1, -0.05) is 0 Å². The lowest BCUT2D eigenvalue weighted by atomic mass is 10.1. The summed E-state index contributed by atoms with van der Waals surface area (Å²) in [5, 5.41) is 6.04. The summed E-state index contributed by atoms with van der Waals surface area (Å²) in [6.07, 6.45) is 0.736. The normalized spacial score (nSPS) is 12.4. The zero-order chi connectivity index (χ0) is 21.9. The molecule has 0 atom stereocenters. The number of aliphatic imine (C=N–C) groups is 1. The van der Waals surface area contributed by atoms with E-state index in [0.717, 1.165) is 6.42 Å². The maximum Gasteiger partial charge on any atom is 0.387 e. The molecule has 2 rings (SSSR count). The molecule has 176 valence electrons. The van der Waals surface area contributed by atoms with Crippen LogP contribution in [0.4, 0.5) is 8.78 Å². The van der Waals surface area contributed by atoms with Crippen LogP contribution in [0, 0.1) is 0 Å². The Morgan fingerprint density at radius 3 is 2.61 bits per heavy atom. The molecule has 0 aromatic heterocycles. The zero-order valence-electron chi connectivity index (χ0n) is 17.8. The van der Waals surface area contributed by atoms with Gasteiger partial charge < -0.3 is 34.5 Å². The third-order valence-corrected chi connectivity index (χ3v) is 4.05. The Hall–Kier alpha value is -2.09. The summed E-state index contributed by atoms with van der Waals surface area (Å²) in [6, 6.07) is 2.92. The van der Waals surface area contributed by atoms with E-state index in [1.165, 1.54) is 11.0 Å². The SMILES string of the molecule is CCOCCCNC(=NCc1cc2c(cc1OC(F)F)OCO2)NCC(=O)N(C)C.I. The molecule has 0 saturated heterocycles. The number of carbonyl (C=O) groups is 1. The molecular formula is C19H29F2IN4O5. The van der Waals surface area contributed by atoms with Gasteiger partial charge in [-0.05, 0) is 19.4 Å². The number of amides is 1. The lowest BCUT2D eigenvalue weighted by Crippen LogP contribution is -2.43. The summed E-state index contributed by atoms with van der Waals surface area (Å²) in [5.41, 5.74) is 0.397. The molecule has 0 unspecified atom stereocenters. The summed E-state index contributed by atoms with van der Waals surface area (Å²) >= 11 is 0. The molecule has 0 spiro atoms. The Morgan fingerprint density at radius 1 is 1.26 bits per heavy atom. The van der Waals surface area contributed by atoms with Gasteiger partial charge in [-0.25, -0.2) is 4.99 Å². The Balaban J connectivity index is 0.00000480. The molecule has 31 heavy (non-hydrogen) atoms. The Bertz CT molecular complexity index is 737. The van der Waals surface area contributed by atoms with Crippen LogP contribution in [0.2, 0.25) is 0 Å². The largest absolute Gasteiger partial charge is 0.454 e. The van der Waals surface area contributed by atoms with E-state index in [9.17, 15) is 13.6 Å². The highest BCUT2D eigenvalue weighted by Gasteiger charge is 2.20. The van der Waals surface area contributed by atoms with Gasteiger partial charge in [0.25, 0.3) is 0 Å². The van der Waals surface area contributed by atoms with Crippen molar-refractivity contribution in [2.75, 3.05) is 47.2 Å². The number of fused-ring (bicyclic) bond motifs is 1. The fourth-order valence-electron chi connectivity index (χ4n) is 2.48. The number of nitrogens with one attached hydrogen (secondary N) is 2. The van der Waals surface area contributed by atoms with E-state index in [2.05, 4.69) is 20.4 Å². The molecule has 1 aromatic rings. The van der Waals surface area contributed by atoms with E-state index >= 15 is 0 Å². The van der Waals surface area contributed by atoms with E-state index in [0.29, 0.717) is 42.8 Å². The number of ether oxygens (including phenoxy) is 4. The second-order valence-electron chi connectivity index (χ2n) is 6.48. The number of hydrogen-bond donors (Lipinski definition) is 2. The molecule has 0 radical (unpaired) electrons. The lowest BCUT2D eigenvalue weighted by molar-refractivity contribution is -0.127. The van der Waals surface area contributed by atoms with E-state index in [4.69, 9.17) is 14.2 Å². The standard InChI is InChI=1S/C19H28F2N4O5.HI/c1-4-27-7-5-6-22-19(24-11-17(26)25(2)3)23-10-13-8-15-16(29-12-28-15)9-14(13)30-18(20)21;/h8-9,18H,4-7,10-12H2,1-3H3,(H2,22,23,24);1H. The second-order valence-corrected chi connectivity index (χ2v) is 6.48. The first-order chi connectivity index (χ1) is 14.4. The molecular weight excluding hydrogens is 529 g/mol. The van der Waals surface area contributed by atoms with Crippen LogP contribution in [0.1, 0.15) is 18.9 Å². The molecule has 9 nitrogen and oxygen atoms in total. The molecule has 0 aliphatic carbocycles. The smallest absolute Gasteiger partial charge is 0.387 e. The topological polar surface area (TPSA) is 93.6 Å². The van der Waals surface area contributed by atoms with E-state index in [1.54, 1.807) is 20.2 Å². The van der Waals surface area contributed by atoms with Crippen molar-refractivity contribution in [2.45, 2.75) is 26.5 Å². The Labute approximate surface area is 197 Å². The molecule has 1 heterocycles. The van der Waals surface area contributed by atoms with Crippen molar-refractivity contribution < 1.29 is 32.5 Å². The predicted molar refractivity (Wildman–Crippen MR) is 122 cm³/mol. The van der Waals surface area contributed by atoms with Gasteiger partial charge in [-0.3, -0.25) is 4.79 Å². The Morgan fingerprint density at radius 2 is 1.97 bits per heavy atom. The van der Waals surface area contributed by atoms with Gasteiger partial charge in [-0.15, -0.1) is 24.0 Å². The molecule has 1 aliphatic rings. The van der Waals surface area contributed by atoms with Crippen molar-refractivity contribution in [1.29, 1.82) is 0 Å². The number of carbonyl (C=O) groups excluding carboxylic acids is 1. The Kier molecular flexibility index (Phi) is 12.2. The van der Waals surface area contributed by atoms with Gasteiger partial charge in [0.1, 0.15) is 5.75 Å². The summed E-state index contributed by atoms with van der Waals surface area (Å²) in [6.45, 7) is 0.775. The molecule has 0 saturated carbocycles. The summed E-state index contributed by atoms with van der Waals surface area (Å²) < 4.78 is 46.0. The highest BCUT2D eigenvalue weighted by molar-refractivity contribution is 14.0. The number of likely N-dealkylation sites (N-methyl/N-ethyl adjacent to an activating group) is 1. The highest BCUT2D eigenvalue weighted by Crippen LogP contribution is 2.39. The first kappa shape index (κ1) is 26.9. The van der Waals surface area contributed by atoms with Gasteiger partial charge >= 0.3 is 6.61 Å². The first-order valence-electron chi connectivity index (χ1n) is 9.58. The quantitative estimate of drug-likeness (QED) is 0.186. The lowest BCUT2D eigenvalue weighted by Gasteiger charge is -2.16. The highest BCUT2D eigenvalue weighted by atomic mass is 127. The van der Waals surface area contributed by atoms with Crippen molar-refractivity contribution in [3.05, 3.63) is 17.7 Å². The van der Waals surface area contributed by atoms with Crippen LogP contribution in [-0.4, -0.2) is 70.6 Å². The fraction of sp³-hybridized carbons (Fsp3) is 0.579. The molecule has 1 aliphatic heterocycles. The number of benzene rings is 1. The van der Waals surface area contributed by atoms with Gasteiger partial charge in [0, 0.05) is 45.5 Å². The van der Waals surface area contributed by atoms with Crippen LogP contribution < -0.4 is 24.8 Å². The second kappa shape index (κ2) is 14.1. The van der Waals surface area contributed by atoms with Crippen LogP contribution in [0.15, 0.2) is 17.1 Å². The van der Waals surface area contributed by atoms with Gasteiger partial charge in [0.05, 0.1) is 13.1 Å².